The Morgan fingerprint density at radius 3 is 2.37 bits per heavy atom. The molecule has 0 radical (unpaired) electrons. The highest BCUT2D eigenvalue weighted by Crippen LogP contribution is 2.81. The van der Waals surface area contributed by atoms with Crippen LogP contribution in [0, 0.1) is 34.5 Å². The zero-order valence-corrected chi connectivity index (χ0v) is 26.0. The summed E-state index contributed by atoms with van der Waals surface area (Å²) in [7, 11) is 0. The van der Waals surface area contributed by atoms with Crippen LogP contribution >= 0.6 is 0 Å². The SMILES string of the molecule is CC1(C)[C@@H]2C[C@H]1[C@@H](O)C[C@@H]2C(=O)OC[C@H]1O[C@@H](O[C@]23CC4C2(COC(=O)c2ccccc2)[C@H]2O[C@]4(O)C[C@]3(C)O2)[C@H](O)[C@@H](O)[C@@H]1O. The molecule has 2 unspecified atom stereocenters. The molecule has 6 saturated carbocycles. The highest BCUT2D eigenvalue weighted by Gasteiger charge is 2.94. The fourth-order valence-electron chi connectivity index (χ4n) is 10.3. The van der Waals surface area contributed by atoms with Gasteiger partial charge in [-0.15, -0.1) is 0 Å². The number of rotatable bonds is 8. The van der Waals surface area contributed by atoms with Crippen molar-refractivity contribution in [3.8, 4) is 0 Å². The van der Waals surface area contributed by atoms with Gasteiger partial charge in [0.05, 0.1) is 23.0 Å². The lowest BCUT2D eigenvalue weighted by molar-refractivity contribution is -0.424. The third-order valence-electron chi connectivity index (χ3n) is 12.9. The number of hydrogen-bond donors (Lipinski definition) is 5. The van der Waals surface area contributed by atoms with Crippen molar-refractivity contribution in [2.45, 2.75) is 107 Å². The van der Waals surface area contributed by atoms with Gasteiger partial charge in [0, 0.05) is 12.3 Å². The second-order valence-corrected chi connectivity index (χ2v) is 15.3. The van der Waals surface area contributed by atoms with E-state index in [1.54, 1.807) is 37.3 Å². The van der Waals surface area contributed by atoms with E-state index in [-0.39, 0.29) is 36.7 Å². The highest BCUT2D eigenvalue weighted by atomic mass is 16.8. The minimum atomic E-state index is -1.70. The van der Waals surface area contributed by atoms with Gasteiger partial charge in [-0.25, -0.2) is 4.79 Å². The molecular weight excluding hydrogens is 604 g/mol. The number of benzene rings is 1. The number of esters is 2. The smallest absolute Gasteiger partial charge is 0.338 e. The second-order valence-electron chi connectivity index (χ2n) is 15.3. The molecule has 5 N–H and O–H groups in total. The largest absolute Gasteiger partial charge is 0.463 e. The molecule has 0 aromatic heterocycles. The monoisotopic (exact) mass is 646 g/mol. The Hall–Kier alpha value is -2.20. The van der Waals surface area contributed by atoms with Crippen molar-refractivity contribution in [1.29, 1.82) is 0 Å². The standard InChI is InChI=1S/C33H42O13/c1-29(2)17-10-18(29)19(34)9-16(17)26(39)41-12-20-22(35)23(36)24(37)27(43-20)44-33-11-21-31(33,14-42-25(38)15-7-5-4-6-8-15)28-45-30(33,3)13-32(21,40)46-28/h4-8,16-24,27-28,34-37,40H,9-14H2,1-3H3/t16-,17+,18-,19-,20+,21?,22+,23-,24+,27-,28+,30-,31?,32+,33-/m0/s1. The van der Waals surface area contributed by atoms with Gasteiger partial charge < -0.3 is 54.0 Å². The number of fused-ring (bicyclic) bond motifs is 2. The van der Waals surface area contributed by atoms with Gasteiger partial charge >= 0.3 is 11.9 Å². The first-order valence-corrected chi connectivity index (χ1v) is 16.2. The van der Waals surface area contributed by atoms with Gasteiger partial charge in [0.1, 0.15) is 48.8 Å². The maximum Gasteiger partial charge on any atom is 0.338 e. The zero-order chi connectivity index (χ0) is 32.6. The van der Waals surface area contributed by atoms with Crippen molar-refractivity contribution in [2.75, 3.05) is 13.2 Å². The van der Waals surface area contributed by atoms with Gasteiger partial charge in [0.25, 0.3) is 0 Å². The van der Waals surface area contributed by atoms with Crippen LogP contribution in [-0.2, 0) is 33.2 Å². The van der Waals surface area contributed by atoms with Crippen molar-refractivity contribution >= 4 is 11.9 Å². The van der Waals surface area contributed by atoms with Crippen LogP contribution in [-0.4, -0.2) is 111 Å². The summed E-state index contributed by atoms with van der Waals surface area (Å²) in [5, 5.41) is 54.7. The van der Waals surface area contributed by atoms with Crippen molar-refractivity contribution in [2.24, 2.45) is 34.5 Å². The fourth-order valence-corrected chi connectivity index (χ4v) is 10.3. The molecule has 15 atom stereocenters. The summed E-state index contributed by atoms with van der Waals surface area (Å²) in [5.74, 6) is -3.42. The van der Waals surface area contributed by atoms with Crippen LogP contribution in [0.1, 0.15) is 56.8 Å². The van der Waals surface area contributed by atoms with Crippen LogP contribution in [0.25, 0.3) is 0 Å². The minimum Gasteiger partial charge on any atom is -0.463 e. The Bertz CT molecular complexity index is 1420. The lowest BCUT2D eigenvalue weighted by atomic mass is 9.41. The van der Waals surface area contributed by atoms with Gasteiger partial charge in [-0.05, 0) is 55.6 Å². The molecule has 1 aromatic carbocycles. The Labute approximate surface area is 265 Å². The lowest BCUT2D eigenvalue weighted by Gasteiger charge is -2.67. The first kappa shape index (κ1) is 31.1. The van der Waals surface area contributed by atoms with E-state index in [1.165, 1.54) is 0 Å². The average molecular weight is 647 g/mol. The van der Waals surface area contributed by atoms with Crippen LogP contribution in [0.3, 0.4) is 0 Å². The second kappa shape index (κ2) is 9.93. The molecular formula is C33H42O13. The van der Waals surface area contributed by atoms with E-state index < -0.39 is 95.9 Å². The number of aliphatic hydroxyl groups excluding tert-OH is 4. The third kappa shape index (κ3) is 3.83. The zero-order valence-electron chi connectivity index (χ0n) is 26.0. The van der Waals surface area contributed by atoms with Gasteiger partial charge in [-0.2, -0.15) is 0 Å². The van der Waals surface area contributed by atoms with E-state index in [1.807, 2.05) is 13.8 Å². The van der Waals surface area contributed by atoms with Crippen LogP contribution < -0.4 is 0 Å². The molecule has 46 heavy (non-hydrogen) atoms. The molecule has 252 valence electrons. The van der Waals surface area contributed by atoms with Crippen molar-refractivity contribution in [1.82, 2.24) is 0 Å². The Morgan fingerprint density at radius 1 is 0.935 bits per heavy atom. The molecule has 11 rings (SSSR count). The summed E-state index contributed by atoms with van der Waals surface area (Å²) < 4.78 is 36.2. The van der Waals surface area contributed by atoms with Crippen molar-refractivity contribution < 1.29 is 63.5 Å². The number of aliphatic hydroxyl groups is 5. The van der Waals surface area contributed by atoms with Crippen LogP contribution in [0.4, 0.5) is 0 Å². The van der Waals surface area contributed by atoms with E-state index in [9.17, 15) is 35.1 Å². The summed E-state index contributed by atoms with van der Waals surface area (Å²) in [6.07, 6.45) is -7.99. The minimum absolute atomic E-state index is 0.0518. The predicted octanol–water partition coefficient (Wildman–Crippen LogP) is 0.237. The molecule has 8 bridgehead atoms. The molecule has 4 saturated heterocycles. The third-order valence-corrected chi connectivity index (χ3v) is 12.9. The van der Waals surface area contributed by atoms with Crippen LogP contribution in [0.15, 0.2) is 30.3 Å². The molecule has 10 fully saturated rings. The summed E-state index contributed by atoms with van der Waals surface area (Å²) in [5.41, 5.74) is -3.41. The first-order valence-electron chi connectivity index (χ1n) is 16.2. The van der Waals surface area contributed by atoms with Crippen LogP contribution in [0.5, 0.6) is 0 Å². The molecule has 13 nitrogen and oxygen atoms in total. The topological polar surface area (TPSA) is 191 Å². The fraction of sp³-hybridized carbons (Fsp3) is 0.758. The summed E-state index contributed by atoms with van der Waals surface area (Å²) in [6.45, 7) is 5.21. The lowest BCUT2D eigenvalue weighted by Crippen LogP contribution is -2.80. The summed E-state index contributed by atoms with van der Waals surface area (Å²) in [6, 6.07) is 8.46. The molecule has 4 heterocycles. The van der Waals surface area contributed by atoms with Crippen molar-refractivity contribution in [3.63, 3.8) is 0 Å². The Morgan fingerprint density at radius 2 is 1.67 bits per heavy atom. The van der Waals surface area contributed by atoms with Crippen molar-refractivity contribution in [3.05, 3.63) is 35.9 Å². The van der Waals surface area contributed by atoms with E-state index in [0.29, 0.717) is 12.0 Å². The van der Waals surface area contributed by atoms with Gasteiger partial charge in [-0.3, -0.25) is 4.79 Å². The number of hydrogen-bond acceptors (Lipinski definition) is 13. The molecule has 4 aliphatic heterocycles. The number of ether oxygens (including phenoxy) is 6. The summed E-state index contributed by atoms with van der Waals surface area (Å²) in [4.78, 5) is 26.1. The van der Waals surface area contributed by atoms with Gasteiger partial charge in [0.15, 0.2) is 18.4 Å². The maximum absolute atomic E-state index is 13.2. The number of carbonyl (C=O) groups is 2. The molecule has 6 aliphatic carbocycles. The van der Waals surface area contributed by atoms with E-state index in [2.05, 4.69) is 0 Å². The predicted molar refractivity (Wildman–Crippen MR) is 152 cm³/mol. The molecule has 10 aliphatic rings. The Kier molecular flexibility index (Phi) is 6.71. The first-order chi connectivity index (χ1) is 21.7. The average Bonchev–Trinajstić information content (AvgIpc) is 3.21. The number of carbonyl (C=O) groups excluding carboxylic acids is 2. The Balaban J connectivity index is 1.01. The van der Waals surface area contributed by atoms with Gasteiger partial charge in [-0.1, -0.05) is 32.0 Å². The molecule has 0 amide bonds. The van der Waals surface area contributed by atoms with E-state index >= 15 is 0 Å². The molecule has 13 heteroatoms. The highest BCUT2D eigenvalue weighted by molar-refractivity contribution is 5.89. The van der Waals surface area contributed by atoms with E-state index in [0.717, 1.165) is 6.42 Å². The molecule has 1 aromatic rings. The van der Waals surface area contributed by atoms with Crippen LogP contribution in [0.2, 0.25) is 0 Å². The maximum atomic E-state index is 13.2. The molecule has 0 spiro atoms. The quantitative estimate of drug-likeness (QED) is 0.242. The van der Waals surface area contributed by atoms with Gasteiger partial charge in [0.2, 0.25) is 0 Å². The summed E-state index contributed by atoms with van der Waals surface area (Å²) >= 11 is 0. The normalized spacial score (nSPS) is 52.0. The van der Waals surface area contributed by atoms with E-state index in [4.69, 9.17) is 28.4 Å².